The second-order valence-electron chi connectivity index (χ2n) is 13.2. The van der Waals surface area contributed by atoms with E-state index in [0.717, 1.165) is 5.69 Å². The van der Waals surface area contributed by atoms with E-state index in [4.69, 9.17) is 0 Å². The highest BCUT2D eigenvalue weighted by atomic mass is 15.2. The van der Waals surface area contributed by atoms with Gasteiger partial charge in [-0.2, -0.15) is 0 Å². The maximum Gasteiger partial charge on any atom is 0.252 e. The van der Waals surface area contributed by atoms with Crippen LogP contribution in [-0.4, -0.2) is 6.71 Å². The van der Waals surface area contributed by atoms with Crippen LogP contribution in [0.25, 0.3) is 22.3 Å². The van der Waals surface area contributed by atoms with Gasteiger partial charge in [0.05, 0.1) is 0 Å². The van der Waals surface area contributed by atoms with Gasteiger partial charge in [-0.1, -0.05) is 135 Å². The van der Waals surface area contributed by atoms with Gasteiger partial charge in [-0.15, -0.1) is 0 Å². The highest BCUT2D eigenvalue weighted by Crippen LogP contribution is 2.45. The van der Waals surface area contributed by atoms with Crippen molar-refractivity contribution in [1.29, 1.82) is 0 Å². The van der Waals surface area contributed by atoms with Crippen LogP contribution in [0.2, 0.25) is 0 Å². The quantitative estimate of drug-likeness (QED) is 0.178. The summed E-state index contributed by atoms with van der Waals surface area (Å²) in [5.74, 6) is 0.502. The van der Waals surface area contributed by atoms with Crippen molar-refractivity contribution in [2.45, 2.75) is 19.8 Å². The van der Waals surface area contributed by atoms with E-state index in [0.29, 0.717) is 5.92 Å². The molecule has 0 radical (unpaired) electrons. The Kier molecular flexibility index (Phi) is 6.79. The minimum atomic E-state index is 0.105. The molecule has 0 saturated heterocycles. The molecule has 0 bridgehead atoms. The molecule has 0 aliphatic carbocycles. The van der Waals surface area contributed by atoms with E-state index in [1.807, 2.05) is 0 Å². The molecule has 2 nitrogen and oxygen atoms in total. The minimum absolute atomic E-state index is 0.105. The molecule has 2 aliphatic rings. The summed E-state index contributed by atoms with van der Waals surface area (Å²) in [4.78, 5) is 4.94. The van der Waals surface area contributed by atoms with Crippen LogP contribution in [0.15, 0.2) is 170 Å². The van der Waals surface area contributed by atoms with Crippen LogP contribution in [0, 0.1) is 0 Å². The number of hydrogen-bond acceptors (Lipinski definition) is 2. The number of rotatable bonds is 5. The van der Waals surface area contributed by atoms with Crippen LogP contribution in [0.4, 0.5) is 34.1 Å². The summed E-state index contributed by atoms with van der Waals surface area (Å²) in [5.41, 5.74) is 17.5. The zero-order chi connectivity index (χ0) is 32.2. The van der Waals surface area contributed by atoms with E-state index < -0.39 is 0 Å². The van der Waals surface area contributed by atoms with Crippen molar-refractivity contribution in [2.24, 2.45) is 0 Å². The molecule has 48 heavy (non-hydrogen) atoms. The zero-order valence-corrected chi connectivity index (χ0v) is 27.2. The minimum Gasteiger partial charge on any atom is -0.311 e. The van der Waals surface area contributed by atoms with Crippen molar-refractivity contribution in [3.05, 3.63) is 175 Å². The molecule has 7 aromatic carbocycles. The Morgan fingerprint density at radius 1 is 0.396 bits per heavy atom. The van der Waals surface area contributed by atoms with Gasteiger partial charge in [-0.05, 0) is 98.7 Å². The summed E-state index contributed by atoms with van der Waals surface area (Å²) in [5, 5.41) is 0. The maximum atomic E-state index is 2.50. The smallest absolute Gasteiger partial charge is 0.252 e. The van der Waals surface area contributed by atoms with Gasteiger partial charge >= 0.3 is 0 Å². The molecule has 0 fully saturated rings. The van der Waals surface area contributed by atoms with Crippen LogP contribution < -0.4 is 26.2 Å². The fourth-order valence-corrected chi connectivity index (χ4v) is 7.71. The number of anilines is 6. The molecular weight excluding hydrogens is 579 g/mol. The third-order valence-electron chi connectivity index (χ3n) is 10.0. The molecule has 0 aromatic heterocycles. The lowest BCUT2D eigenvalue weighted by Gasteiger charge is -2.44. The number of fused-ring (bicyclic) bond motifs is 4. The van der Waals surface area contributed by atoms with Crippen molar-refractivity contribution in [3.63, 3.8) is 0 Å². The first-order chi connectivity index (χ1) is 23.7. The highest BCUT2D eigenvalue weighted by Gasteiger charge is 2.43. The Labute approximate surface area is 283 Å². The van der Waals surface area contributed by atoms with Gasteiger partial charge in [-0.3, -0.25) is 0 Å². The van der Waals surface area contributed by atoms with Crippen molar-refractivity contribution >= 4 is 57.2 Å². The van der Waals surface area contributed by atoms with E-state index in [9.17, 15) is 0 Å². The summed E-state index contributed by atoms with van der Waals surface area (Å²) < 4.78 is 0. The van der Waals surface area contributed by atoms with Crippen LogP contribution in [0.5, 0.6) is 0 Å². The van der Waals surface area contributed by atoms with E-state index in [2.05, 4.69) is 194 Å². The Morgan fingerprint density at radius 3 is 1.67 bits per heavy atom. The fraction of sp³-hybridized carbons (Fsp3) is 0.0667. The number of hydrogen-bond donors (Lipinski definition) is 0. The molecule has 0 unspecified atom stereocenters. The average molecular weight is 615 g/mol. The third kappa shape index (κ3) is 4.58. The lowest BCUT2D eigenvalue weighted by molar-refractivity contribution is 0.867. The van der Waals surface area contributed by atoms with Crippen LogP contribution in [0.3, 0.4) is 0 Å². The maximum absolute atomic E-state index is 2.50. The van der Waals surface area contributed by atoms with Crippen molar-refractivity contribution in [1.82, 2.24) is 0 Å². The van der Waals surface area contributed by atoms with Gasteiger partial charge in [0.25, 0.3) is 6.71 Å². The average Bonchev–Trinajstić information content (AvgIpc) is 3.15. The van der Waals surface area contributed by atoms with Crippen LogP contribution in [-0.2, 0) is 0 Å². The predicted molar refractivity (Wildman–Crippen MR) is 205 cm³/mol. The first-order valence-corrected chi connectivity index (χ1v) is 16.9. The van der Waals surface area contributed by atoms with Crippen LogP contribution in [0.1, 0.15) is 25.3 Å². The molecular formula is C45H35BN2. The zero-order valence-electron chi connectivity index (χ0n) is 27.2. The number of para-hydroxylation sites is 2. The molecule has 0 N–H and O–H groups in total. The summed E-state index contributed by atoms with van der Waals surface area (Å²) in [6.45, 7) is 4.61. The Bertz CT molecular complexity index is 2280. The summed E-state index contributed by atoms with van der Waals surface area (Å²) in [6.07, 6.45) is 0. The van der Waals surface area contributed by atoms with E-state index in [-0.39, 0.29) is 6.71 Å². The topological polar surface area (TPSA) is 6.48 Å². The fourth-order valence-electron chi connectivity index (χ4n) is 7.71. The van der Waals surface area contributed by atoms with E-state index in [1.165, 1.54) is 72.6 Å². The molecule has 0 spiro atoms. The number of benzene rings is 7. The summed E-state index contributed by atoms with van der Waals surface area (Å²) >= 11 is 0. The van der Waals surface area contributed by atoms with Gasteiger partial charge in [0.15, 0.2) is 0 Å². The van der Waals surface area contributed by atoms with Gasteiger partial charge in [0, 0.05) is 34.1 Å². The summed E-state index contributed by atoms with van der Waals surface area (Å²) in [6, 6.07) is 62.5. The first kappa shape index (κ1) is 28.4. The second-order valence-corrected chi connectivity index (χ2v) is 13.2. The molecule has 7 aromatic rings. The highest BCUT2D eigenvalue weighted by molar-refractivity contribution is 7.00. The SMILES string of the molecule is CC(C)c1ccc(-c2ccc3c(c2)N(c2cccc(-c4ccccc4)c2)c2cccc4c2B3c2ccccc2N4c2ccccc2)cc1. The lowest BCUT2D eigenvalue weighted by Crippen LogP contribution is -2.61. The van der Waals surface area contributed by atoms with Gasteiger partial charge in [0.1, 0.15) is 0 Å². The molecule has 0 amide bonds. The number of nitrogens with zero attached hydrogens (tertiary/aromatic N) is 2. The third-order valence-corrected chi connectivity index (χ3v) is 10.0. The van der Waals surface area contributed by atoms with Gasteiger partial charge < -0.3 is 9.80 Å². The van der Waals surface area contributed by atoms with Crippen molar-refractivity contribution < 1.29 is 0 Å². The molecule has 0 atom stereocenters. The first-order valence-electron chi connectivity index (χ1n) is 16.9. The molecule has 3 heteroatoms. The van der Waals surface area contributed by atoms with Crippen molar-refractivity contribution in [2.75, 3.05) is 9.80 Å². The Hall–Kier alpha value is -5.80. The molecule has 0 saturated carbocycles. The molecule has 9 rings (SSSR count). The largest absolute Gasteiger partial charge is 0.311 e. The molecule has 228 valence electrons. The Balaban J connectivity index is 1.30. The lowest BCUT2D eigenvalue weighted by atomic mass is 9.33. The van der Waals surface area contributed by atoms with E-state index in [1.54, 1.807) is 0 Å². The van der Waals surface area contributed by atoms with Crippen molar-refractivity contribution in [3.8, 4) is 22.3 Å². The molecule has 2 aliphatic heterocycles. The summed E-state index contributed by atoms with van der Waals surface area (Å²) in [7, 11) is 0. The Morgan fingerprint density at radius 2 is 0.917 bits per heavy atom. The second kappa shape index (κ2) is 11.5. The van der Waals surface area contributed by atoms with Gasteiger partial charge in [-0.25, -0.2) is 0 Å². The standard InChI is InChI=1S/C45H35BN2/c1-31(2)32-23-25-34(26-24-32)36-27-28-40-44(30-36)48(38-18-11-15-35(29-38)33-13-5-3-6-14-33)43-22-12-21-42-45(43)46(40)39-19-9-10-20-41(39)47(42)37-16-7-4-8-17-37/h3-31H,1-2H3. The molecule has 2 heterocycles. The van der Waals surface area contributed by atoms with Crippen LogP contribution >= 0.6 is 0 Å². The van der Waals surface area contributed by atoms with E-state index >= 15 is 0 Å². The van der Waals surface area contributed by atoms with Gasteiger partial charge in [0.2, 0.25) is 0 Å². The monoisotopic (exact) mass is 614 g/mol. The predicted octanol–water partition coefficient (Wildman–Crippen LogP) is 10.2. The normalized spacial score (nSPS) is 12.9.